The third-order valence-electron chi connectivity index (χ3n) is 7.17. The normalized spacial score (nSPS) is 14.9. The van der Waals surface area contributed by atoms with Gasteiger partial charge >= 0.3 is 5.97 Å². The van der Waals surface area contributed by atoms with Crippen LogP contribution < -0.4 is 4.74 Å². The van der Waals surface area contributed by atoms with Crippen LogP contribution in [0.1, 0.15) is 41.1 Å². The zero-order valence-corrected chi connectivity index (χ0v) is 22.6. The SMILES string of the molecule is N#CCCOc1ccc(S(=O)(=O)N(CCc2c[nH]c3ccccc23)C2CCc3cc(/C=C/C(=O)O)ccc32)cc1. The minimum Gasteiger partial charge on any atom is -0.493 e. The van der Waals surface area contributed by atoms with Gasteiger partial charge in [0, 0.05) is 29.7 Å². The van der Waals surface area contributed by atoms with Gasteiger partial charge in [0.2, 0.25) is 10.0 Å². The van der Waals surface area contributed by atoms with Crippen LogP contribution in [0.5, 0.6) is 5.75 Å². The van der Waals surface area contributed by atoms with E-state index in [1.807, 2.05) is 54.7 Å². The molecular weight excluding hydrogens is 526 g/mol. The molecule has 204 valence electrons. The first-order valence-electron chi connectivity index (χ1n) is 13.1. The molecule has 0 saturated heterocycles. The van der Waals surface area contributed by atoms with E-state index in [9.17, 15) is 13.2 Å². The lowest BCUT2D eigenvalue weighted by atomic mass is 10.0. The van der Waals surface area contributed by atoms with Crippen molar-refractivity contribution >= 4 is 33.0 Å². The van der Waals surface area contributed by atoms with Gasteiger partial charge in [0.25, 0.3) is 0 Å². The topological polar surface area (TPSA) is 123 Å². The number of aliphatic carboxylic acids is 1. The molecular formula is C31H29N3O5S. The number of carboxylic acid groups (broad SMARTS) is 1. The number of rotatable bonds is 11. The number of fused-ring (bicyclic) bond motifs is 2. The molecule has 1 heterocycles. The molecule has 4 aromatic rings. The van der Waals surface area contributed by atoms with Gasteiger partial charge in [-0.1, -0.05) is 36.4 Å². The quantitative estimate of drug-likeness (QED) is 0.187. The Morgan fingerprint density at radius 2 is 1.95 bits per heavy atom. The van der Waals surface area contributed by atoms with Crippen molar-refractivity contribution in [1.82, 2.24) is 9.29 Å². The summed E-state index contributed by atoms with van der Waals surface area (Å²) in [7, 11) is -3.88. The molecule has 0 amide bonds. The molecule has 8 nitrogen and oxygen atoms in total. The molecule has 0 radical (unpaired) electrons. The Balaban J connectivity index is 1.46. The van der Waals surface area contributed by atoms with Crippen LogP contribution in [0.3, 0.4) is 0 Å². The van der Waals surface area contributed by atoms with Crippen LogP contribution in [0.4, 0.5) is 0 Å². The van der Waals surface area contributed by atoms with Crippen molar-refractivity contribution < 1.29 is 23.1 Å². The largest absolute Gasteiger partial charge is 0.493 e. The lowest BCUT2D eigenvalue weighted by Gasteiger charge is -2.29. The number of aromatic nitrogens is 1. The number of ether oxygens (including phenoxy) is 1. The summed E-state index contributed by atoms with van der Waals surface area (Å²) in [5, 5.41) is 18.8. The molecule has 1 aliphatic carbocycles. The first kappa shape index (κ1) is 27.2. The third kappa shape index (κ3) is 5.78. The number of H-pyrrole nitrogens is 1. The van der Waals surface area contributed by atoms with E-state index in [-0.39, 0.29) is 30.5 Å². The molecule has 1 atom stereocenters. The molecule has 5 rings (SSSR count). The molecule has 3 aromatic carbocycles. The Labute approximate surface area is 233 Å². The summed E-state index contributed by atoms with van der Waals surface area (Å²) in [5.74, 6) is -0.512. The van der Waals surface area contributed by atoms with Crippen LogP contribution >= 0.6 is 0 Å². The molecule has 0 saturated carbocycles. The minimum atomic E-state index is -3.88. The highest BCUT2D eigenvalue weighted by Crippen LogP contribution is 2.40. The van der Waals surface area contributed by atoms with Crippen molar-refractivity contribution in [3.05, 3.63) is 101 Å². The maximum atomic E-state index is 14.1. The number of carboxylic acids is 1. The number of aryl methyl sites for hydroxylation is 1. The van der Waals surface area contributed by atoms with Crippen molar-refractivity contribution in [3.63, 3.8) is 0 Å². The Morgan fingerprint density at radius 3 is 2.73 bits per heavy atom. The Morgan fingerprint density at radius 1 is 1.15 bits per heavy atom. The van der Waals surface area contributed by atoms with E-state index in [4.69, 9.17) is 15.1 Å². The van der Waals surface area contributed by atoms with E-state index in [0.29, 0.717) is 25.0 Å². The summed E-state index contributed by atoms with van der Waals surface area (Å²) in [5.41, 5.74) is 4.77. The second kappa shape index (κ2) is 11.8. The van der Waals surface area contributed by atoms with E-state index in [1.165, 1.54) is 0 Å². The smallest absolute Gasteiger partial charge is 0.328 e. The summed E-state index contributed by atoms with van der Waals surface area (Å²) in [4.78, 5) is 14.4. The van der Waals surface area contributed by atoms with Gasteiger partial charge in [0.1, 0.15) is 12.4 Å². The number of nitrogens with one attached hydrogen (secondary N) is 1. The van der Waals surface area contributed by atoms with Crippen molar-refractivity contribution in [2.45, 2.75) is 36.6 Å². The van der Waals surface area contributed by atoms with Crippen molar-refractivity contribution in [1.29, 1.82) is 5.26 Å². The second-order valence-electron chi connectivity index (χ2n) is 9.64. The van der Waals surface area contributed by atoms with Gasteiger partial charge in [-0.2, -0.15) is 9.57 Å². The van der Waals surface area contributed by atoms with Gasteiger partial charge in [-0.05, 0) is 77.9 Å². The van der Waals surface area contributed by atoms with Crippen LogP contribution in [-0.2, 0) is 27.7 Å². The molecule has 2 N–H and O–H groups in total. The number of sulfonamides is 1. The first-order valence-corrected chi connectivity index (χ1v) is 14.5. The fraction of sp³-hybridized carbons (Fsp3) is 0.226. The van der Waals surface area contributed by atoms with E-state index < -0.39 is 16.0 Å². The van der Waals surface area contributed by atoms with E-state index in [2.05, 4.69) is 4.98 Å². The van der Waals surface area contributed by atoms with Crippen molar-refractivity contribution in [2.75, 3.05) is 13.2 Å². The molecule has 9 heteroatoms. The molecule has 1 aliphatic rings. The number of nitriles is 1. The monoisotopic (exact) mass is 555 g/mol. The molecule has 40 heavy (non-hydrogen) atoms. The fourth-order valence-electron chi connectivity index (χ4n) is 5.26. The van der Waals surface area contributed by atoms with E-state index in [1.54, 1.807) is 34.6 Å². The summed E-state index contributed by atoms with van der Waals surface area (Å²) in [6, 6.07) is 21.6. The maximum Gasteiger partial charge on any atom is 0.328 e. The highest BCUT2D eigenvalue weighted by Gasteiger charge is 2.36. The Bertz CT molecular complexity index is 1700. The fourth-order valence-corrected chi connectivity index (χ4v) is 6.89. The predicted molar refractivity (Wildman–Crippen MR) is 152 cm³/mol. The maximum absolute atomic E-state index is 14.1. The number of carbonyl (C=O) groups is 1. The van der Waals surface area contributed by atoms with E-state index in [0.717, 1.165) is 39.2 Å². The van der Waals surface area contributed by atoms with Gasteiger partial charge < -0.3 is 14.8 Å². The number of hydrogen-bond donors (Lipinski definition) is 2. The van der Waals surface area contributed by atoms with Gasteiger partial charge in [-0.25, -0.2) is 13.2 Å². The molecule has 0 aliphatic heterocycles. The van der Waals surface area contributed by atoms with Gasteiger partial charge in [-0.3, -0.25) is 0 Å². The Kier molecular flexibility index (Phi) is 8.01. The number of nitrogens with zero attached hydrogens (tertiary/aromatic N) is 2. The molecule has 0 spiro atoms. The van der Waals surface area contributed by atoms with Gasteiger partial charge in [0.15, 0.2) is 0 Å². The summed E-state index contributed by atoms with van der Waals surface area (Å²) >= 11 is 0. The zero-order chi connectivity index (χ0) is 28.1. The summed E-state index contributed by atoms with van der Waals surface area (Å²) in [6.07, 6.45) is 6.68. The first-order chi connectivity index (χ1) is 19.4. The molecule has 0 fully saturated rings. The third-order valence-corrected chi connectivity index (χ3v) is 9.09. The predicted octanol–water partition coefficient (Wildman–Crippen LogP) is 5.48. The van der Waals surface area contributed by atoms with Crippen LogP contribution in [0, 0.1) is 11.3 Å². The Hall–Kier alpha value is -4.39. The standard InChI is InChI=1S/C31H29N3O5S/c32-17-3-19-39-25-9-11-26(12-10-25)40(37,38)34(18-16-24-21-33-29-5-2-1-4-27(24)29)30-14-8-23-20-22(6-13-28(23)30)7-15-31(35)36/h1-2,4-7,9-13,15,20-21,30,33H,3,8,14,16,18-19H2,(H,35,36)/b15-7+. The van der Waals surface area contributed by atoms with Crippen LogP contribution in [-0.4, -0.2) is 41.9 Å². The van der Waals surface area contributed by atoms with Crippen LogP contribution in [0.2, 0.25) is 0 Å². The highest BCUT2D eigenvalue weighted by molar-refractivity contribution is 7.89. The number of aromatic amines is 1. The number of para-hydroxylation sites is 1. The van der Waals surface area contributed by atoms with Crippen molar-refractivity contribution in [2.24, 2.45) is 0 Å². The lowest BCUT2D eigenvalue weighted by Crippen LogP contribution is -2.35. The average Bonchev–Trinajstić information content (AvgIpc) is 3.56. The van der Waals surface area contributed by atoms with E-state index >= 15 is 0 Å². The van der Waals surface area contributed by atoms with Crippen LogP contribution in [0.25, 0.3) is 17.0 Å². The zero-order valence-electron chi connectivity index (χ0n) is 21.8. The average molecular weight is 556 g/mol. The number of benzene rings is 3. The highest BCUT2D eigenvalue weighted by atomic mass is 32.2. The molecule has 1 aromatic heterocycles. The molecule has 1 unspecified atom stereocenters. The van der Waals surface area contributed by atoms with Gasteiger partial charge in [0.05, 0.1) is 23.4 Å². The van der Waals surface area contributed by atoms with Gasteiger partial charge in [-0.15, -0.1) is 0 Å². The summed E-state index contributed by atoms with van der Waals surface area (Å²) in [6.45, 7) is 0.525. The summed E-state index contributed by atoms with van der Waals surface area (Å²) < 4.78 is 35.4. The number of hydrogen-bond acceptors (Lipinski definition) is 5. The lowest BCUT2D eigenvalue weighted by molar-refractivity contribution is -0.131. The minimum absolute atomic E-state index is 0.175. The molecule has 0 bridgehead atoms. The second-order valence-corrected chi connectivity index (χ2v) is 11.5. The van der Waals surface area contributed by atoms with Crippen LogP contribution in [0.15, 0.2) is 83.9 Å². The van der Waals surface area contributed by atoms with Crippen molar-refractivity contribution in [3.8, 4) is 11.8 Å².